The van der Waals surface area contributed by atoms with Gasteiger partial charge in [0.15, 0.2) is 17.5 Å². The lowest BCUT2D eigenvalue weighted by Gasteiger charge is -2.23. The van der Waals surface area contributed by atoms with Gasteiger partial charge in [0.2, 0.25) is 0 Å². The van der Waals surface area contributed by atoms with E-state index in [1.165, 1.54) is 44.0 Å². The third-order valence-electron chi connectivity index (χ3n) is 9.04. The Labute approximate surface area is 281 Å². The highest BCUT2D eigenvalue weighted by atomic mass is 15.0. The molecular weight excluding hydrogens is 583 g/mol. The highest BCUT2D eigenvalue weighted by Crippen LogP contribution is 2.38. The summed E-state index contributed by atoms with van der Waals surface area (Å²) in [6.45, 7) is 6.85. The van der Waals surface area contributed by atoms with Crippen LogP contribution in [0, 0.1) is 0 Å². The summed E-state index contributed by atoms with van der Waals surface area (Å²) in [5.41, 5.74) is 9.18. The second kappa shape index (κ2) is 12.0. The van der Waals surface area contributed by atoms with Gasteiger partial charge in [-0.2, -0.15) is 0 Å². The van der Waals surface area contributed by atoms with E-state index < -0.39 is 0 Å². The zero-order valence-electron chi connectivity index (χ0n) is 27.4. The summed E-state index contributed by atoms with van der Waals surface area (Å²) >= 11 is 0. The molecule has 0 atom stereocenters. The summed E-state index contributed by atoms with van der Waals surface area (Å²) in [6.07, 6.45) is 0. The van der Waals surface area contributed by atoms with Gasteiger partial charge in [0.05, 0.1) is 0 Å². The predicted octanol–water partition coefficient (Wildman–Crippen LogP) is 11.8. The maximum Gasteiger partial charge on any atom is 0.164 e. The molecule has 0 unspecified atom stereocenters. The van der Waals surface area contributed by atoms with Crippen molar-refractivity contribution in [3.63, 3.8) is 0 Å². The van der Waals surface area contributed by atoms with Crippen molar-refractivity contribution in [3.05, 3.63) is 163 Å². The molecule has 0 saturated carbocycles. The van der Waals surface area contributed by atoms with Gasteiger partial charge in [0.25, 0.3) is 0 Å². The molecule has 0 radical (unpaired) electrons. The van der Waals surface area contributed by atoms with E-state index in [1.54, 1.807) is 0 Å². The van der Waals surface area contributed by atoms with Crippen LogP contribution in [0.5, 0.6) is 0 Å². The second-order valence-corrected chi connectivity index (χ2v) is 13.4. The molecule has 0 aliphatic heterocycles. The summed E-state index contributed by atoms with van der Waals surface area (Å²) in [4.78, 5) is 14.7. The molecule has 8 rings (SSSR count). The van der Waals surface area contributed by atoms with Gasteiger partial charge in [-0.1, -0.05) is 160 Å². The molecule has 1 heterocycles. The van der Waals surface area contributed by atoms with Crippen molar-refractivity contribution in [2.24, 2.45) is 0 Å². The van der Waals surface area contributed by atoms with Crippen LogP contribution in [0.4, 0.5) is 0 Å². The van der Waals surface area contributed by atoms with Crippen LogP contribution in [0.3, 0.4) is 0 Å². The second-order valence-electron chi connectivity index (χ2n) is 13.4. The highest BCUT2D eigenvalue weighted by molar-refractivity contribution is 6.00. The van der Waals surface area contributed by atoms with E-state index in [0.29, 0.717) is 17.5 Å². The minimum Gasteiger partial charge on any atom is -0.208 e. The third kappa shape index (κ3) is 5.65. The number of hydrogen-bond donors (Lipinski definition) is 0. The number of aromatic nitrogens is 3. The fourth-order valence-electron chi connectivity index (χ4n) is 6.57. The zero-order chi connectivity index (χ0) is 32.7. The minimum absolute atomic E-state index is 0.0723. The monoisotopic (exact) mass is 617 g/mol. The van der Waals surface area contributed by atoms with Gasteiger partial charge in [0, 0.05) is 16.7 Å². The number of hydrogen-bond acceptors (Lipinski definition) is 3. The summed E-state index contributed by atoms with van der Waals surface area (Å²) < 4.78 is 0. The van der Waals surface area contributed by atoms with E-state index in [1.807, 2.05) is 60.7 Å². The van der Waals surface area contributed by atoms with Crippen LogP contribution >= 0.6 is 0 Å². The number of nitrogens with zero attached hydrogens (tertiary/aromatic N) is 3. The number of rotatable bonds is 5. The normalized spacial score (nSPS) is 11.6. The lowest BCUT2D eigenvalue weighted by Crippen LogP contribution is -2.11. The lowest BCUT2D eigenvalue weighted by molar-refractivity contribution is 0.596. The largest absolute Gasteiger partial charge is 0.208 e. The molecule has 3 nitrogen and oxygen atoms in total. The van der Waals surface area contributed by atoms with E-state index in [2.05, 4.69) is 118 Å². The molecule has 0 N–H and O–H groups in total. The molecule has 0 spiro atoms. The molecular formula is C45H35N3. The van der Waals surface area contributed by atoms with Gasteiger partial charge < -0.3 is 0 Å². The molecule has 0 amide bonds. The van der Waals surface area contributed by atoms with Crippen molar-refractivity contribution in [1.29, 1.82) is 0 Å². The minimum atomic E-state index is 0.0723. The van der Waals surface area contributed by atoms with Gasteiger partial charge in [-0.25, -0.2) is 15.0 Å². The first-order valence-corrected chi connectivity index (χ1v) is 16.4. The number of fused-ring (bicyclic) bond motifs is 2. The van der Waals surface area contributed by atoms with E-state index >= 15 is 0 Å². The van der Waals surface area contributed by atoms with E-state index in [0.717, 1.165) is 22.1 Å². The average molecular weight is 618 g/mol. The molecule has 7 aromatic carbocycles. The van der Waals surface area contributed by atoms with Crippen molar-refractivity contribution >= 4 is 21.5 Å². The Kier molecular flexibility index (Phi) is 7.38. The maximum atomic E-state index is 4.93. The standard InChI is InChI=1S/C45H35N3/c1-45(2,3)41-26-25-38(39-19-10-11-20-40(39)41)36-18-12-17-32(28-36)33-21-22-35-29-37(24-23-34(35)27-33)44-47-42(30-13-6-4-7-14-30)46-43(48-44)31-15-8-5-9-16-31/h4-29H,1-3H3. The average Bonchev–Trinajstić information content (AvgIpc) is 3.14. The van der Waals surface area contributed by atoms with Gasteiger partial charge in [-0.15, -0.1) is 0 Å². The number of benzene rings is 7. The van der Waals surface area contributed by atoms with E-state index in [9.17, 15) is 0 Å². The zero-order valence-corrected chi connectivity index (χ0v) is 27.4. The third-order valence-corrected chi connectivity index (χ3v) is 9.04. The molecule has 0 saturated heterocycles. The molecule has 48 heavy (non-hydrogen) atoms. The summed E-state index contributed by atoms with van der Waals surface area (Å²) in [5.74, 6) is 1.98. The topological polar surface area (TPSA) is 38.7 Å². The van der Waals surface area contributed by atoms with Crippen molar-refractivity contribution in [1.82, 2.24) is 15.0 Å². The van der Waals surface area contributed by atoms with Crippen molar-refractivity contribution in [2.75, 3.05) is 0 Å². The Bertz CT molecular complexity index is 2370. The SMILES string of the molecule is CC(C)(C)c1ccc(-c2cccc(-c3ccc4cc(-c5nc(-c6ccccc6)nc(-c6ccccc6)n5)ccc4c3)c2)c2ccccc12. The van der Waals surface area contributed by atoms with Crippen LogP contribution < -0.4 is 0 Å². The smallest absolute Gasteiger partial charge is 0.164 e. The van der Waals surface area contributed by atoms with Crippen LogP contribution in [-0.2, 0) is 5.41 Å². The van der Waals surface area contributed by atoms with Crippen LogP contribution in [0.1, 0.15) is 26.3 Å². The fourth-order valence-corrected chi connectivity index (χ4v) is 6.57. The van der Waals surface area contributed by atoms with Crippen molar-refractivity contribution in [3.8, 4) is 56.4 Å². The Morgan fingerprint density at radius 2 is 0.833 bits per heavy atom. The molecule has 1 aromatic heterocycles. The Morgan fingerprint density at radius 3 is 1.46 bits per heavy atom. The van der Waals surface area contributed by atoms with Crippen LogP contribution in [-0.4, -0.2) is 15.0 Å². The molecule has 0 bridgehead atoms. The molecule has 8 aromatic rings. The van der Waals surface area contributed by atoms with Gasteiger partial charge in [-0.3, -0.25) is 0 Å². The van der Waals surface area contributed by atoms with Gasteiger partial charge >= 0.3 is 0 Å². The van der Waals surface area contributed by atoms with Crippen LogP contribution in [0.15, 0.2) is 158 Å². The summed E-state index contributed by atoms with van der Waals surface area (Å²) in [5, 5.41) is 4.91. The Balaban J connectivity index is 1.17. The molecule has 230 valence electrons. The predicted molar refractivity (Wildman–Crippen MR) is 201 cm³/mol. The molecule has 0 aliphatic carbocycles. The van der Waals surface area contributed by atoms with E-state index in [4.69, 9.17) is 15.0 Å². The Morgan fingerprint density at radius 1 is 0.354 bits per heavy atom. The molecule has 0 aliphatic rings. The summed E-state index contributed by atoms with van der Waals surface area (Å²) in [6, 6.07) is 55.6. The van der Waals surface area contributed by atoms with Crippen molar-refractivity contribution in [2.45, 2.75) is 26.2 Å². The van der Waals surface area contributed by atoms with Crippen LogP contribution in [0.2, 0.25) is 0 Å². The maximum absolute atomic E-state index is 4.93. The first-order valence-electron chi connectivity index (χ1n) is 16.4. The quantitative estimate of drug-likeness (QED) is 0.193. The molecule has 0 fully saturated rings. The summed E-state index contributed by atoms with van der Waals surface area (Å²) in [7, 11) is 0. The lowest BCUT2D eigenvalue weighted by atomic mass is 9.82. The molecule has 3 heteroatoms. The first kappa shape index (κ1) is 29.5. The van der Waals surface area contributed by atoms with Crippen LogP contribution in [0.25, 0.3) is 78.0 Å². The Hall–Kier alpha value is -5.93. The fraction of sp³-hybridized carbons (Fsp3) is 0.0889. The van der Waals surface area contributed by atoms with Gasteiger partial charge in [0.1, 0.15) is 0 Å². The van der Waals surface area contributed by atoms with Gasteiger partial charge in [-0.05, 0) is 73.0 Å². The highest BCUT2D eigenvalue weighted by Gasteiger charge is 2.19. The van der Waals surface area contributed by atoms with Crippen molar-refractivity contribution < 1.29 is 0 Å². The van der Waals surface area contributed by atoms with E-state index in [-0.39, 0.29) is 5.41 Å². The first-order chi connectivity index (χ1) is 23.4.